The number of fused-ring (bicyclic) bond motifs is 1. The molecule has 136 valence electrons. The zero-order chi connectivity index (χ0) is 18.8. The second-order valence-corrected chi connectivity index (χ2v) is 6.49. The molecule has 7 nitrogen and oxygen atoms in total. The summed E-state index contributed by atoms with van der Waals surface area (Å²) in [7, 11) is 0. The average Bonchev–Trinajstić information content (AvgIpc) is 3.03. The SMILES string of the molecule is N#Cc1ccc(Cn2c(=O)oc3ccc(C(=O)N4CCNCC4)cc32)cc1. The lowest BCUT2D eigenvalue weighted by atomic mass is 10.1. The number of piperazine rings is 1. The summed E-state index contributed by atoms with van der Waals surface area (Å²) in [5.41, 5.74) is 3.01. The maximum absolute atomic E-state index is 12.7. The van der Waals surface area contributed by atoms with Crippen molar-refractivity contribution < 1.29 is 9.21 Å². The summed E-state index contributed by atoms with van der Waals surface area (Å²) >= 11 is 0. The Morgan fingerprint density at radius 2 is 1.89 bits per heavy atom. The lowest BCUT2D eigenvalue weighted by Crippen LogP contribution is -2.46. The molecule has 0 spiro atoms. The molecule has 0 unspecified atom stereocenters. The molecule has 4 rings (SSSR count). The first-order chi connectivity index (χ1) is 13.2. The van der Waals surface area contributed by atoms with Gasteiger partial charge >= 0.3 is 5.76 Å². The molecule has 0 aliphatic carbocycles. The summed E-state index contributed by atoms with van der Waals surface area (Å²) < 4.78 is 6.82. The molecule has 3 aromatic rings. The van der Waals surface area contributed by atoms with Gasteiger partial charge in [0.25, 0.3) is 5.91 Å². The van der Waals surface area contributed by atoms with Gasteiger partial charge in [0.1, 0.15) is 0 Å². The molecule has 2 aromatic carbocycles. The normalized spacial score (nSPS) is 14.3. The first-order valence-electron chi connectivity index (χ1n) is 8.78. The molecule has 1 amide bonds. The number of nitriles is 1. The topological polar surface area (TPSA) is 91.3 Å². The molecule has 1 aliphatic rings. The molecule has 0 bridgehead atoms. The van der Waals surface area contributed by atoms with Crippen LogP contribution in [0.5, 0.6) is 0 Å². The van der Waals surface area contributed by atoms with E-state index in [0.717, 1.165) is 18.7 Å². The lowest BCUT2D eigenvalue weighted by Gasteiger charge is -2.27. The van der Waals surface area contributed by atoms with E-state index in [2.05, 4.69) is 11.4 Å². The van der Waals surface area contributed by atoms with Crippen molar-refractivity contribution in [2.75, 3.05) is 26.2 Å². The number of nitrogens with zero attached hydrogens (tertiary/aromatic N) is 3. The van der Waals surface area contributed by atoms with Crippen molar-refractivity contribution in [3.05, 3.63) is 69.7 Å². The fourth-order valence-electron chi connectivity index (χ4n) is 3.26. The standard InChI is InChI=1S/C20H18N4O3/c21-12-14-1-3-15(4-2-14)13-24-17-11-16(5-6-18(17)27-20(24)26)19(25)23-9-7-22-8-10-23/h1-6,11,22H,7-10,13H2. The average molecular weight is 362 g/mol. The Morgan fingerprint density at radius 1 is 1.15 bits per heavy atom. The summed E-state index contributed by atoms with van der Waals surface area (Å²) in [6, 6.07) is 14.2. The van der Waals surface area contributed by atoms with E-state index in [-0.39, 0.29) is 5.91 Å². The minimum Gasteiger partial charge on any atom is -0.408 e. The van der Waals surface area contributed by atoms with Crippen LogP contribution in [0.2, 0.25) is 0 Å². The van der Waals surface area contributed by atoms with Crippen molar-refractivity contribution in [2.45, 2.75) is 6.54 Å². The summed E-state index contributed by atoms with van der Waals surface area (Å²) in [5, 5.41) is 12.1. The zero-order valence-corrected chi connectivity index (χ0v) is 14.6. The monoisotopic (exact) mass is 362 g/mol. The Hall–Kier alpha value is -3.37. The first kappa shape index (κ1) is 17.1. The van der Waals surface area contributed by atoms with E-state index in [1.807, 2.05) is 0 Å². The molecule has 7 heteroatoms. The smallest absolute Gasteiger partial charge is 0.408 e. The van der Waals surface area contributed by atoms with E-state index in [0.29, 0.717) is 41.9 Å². The molecule has 1 saturated heterocycles. The molecule has 0 atom stereocenters. The molecule has 27 heavy (non-hydrogen) atoms. The van der Waals surface area contributed by atoms with Gasteiger partial charge in [-0.2, -0.15) is 5.26 Å². The van der Waals surface area contributed by atoms with E-state index >= 15 is 0 Å². The molecular formula is C20H18N4O3. The fraction of sp³-hybridized carbons (Fsp3) is 0.250. The van der Waals surface area contributed by atoms with Crippen molar-refractivity contribution in [2.24, 2.45) is 0 Å². The number of hydrogen-bond donors (Lipinski definition) is 1. The summed E-state index contributed by atoms with van der Waals surface area (Å²) in [6.45, 7) is 3.20. The van der Waals surface area contributed by atoms with Gasteiger partial charge in [-0.05, 0) is 35.9 Å². The summed E-state index contributed by atoms with van der Waals surface area (Å²) in [5.74, 6) is -0.516. The number of carbonyl (C=O) groups is 1. The highest BCUT2D eigenvalue weighted by atomic mass is 16.4. The van der Waals surface area contributed by atoms with Gasteiger partial charge in [0, 0.05) is 31.7 Å². The number of amides is 1. The van der Waals surface area contributed by atoms with Gasteiger partial charge in [-0.25, -0.2) is 4.79 Å². The van der Waals surface area contributed by atoms with Gasteiger partial charge in [-0.3, -0.25) is 9.36 Å². The maximum Gasteiger partial charge on any atom is 0.420 e. The molecule has 0 saturated carbocycles. The largest absolute Gasteiger partial charge is 0.420 e. The van der Waals surface area contributed by atoms with Crippen LogP contribution in [0.1, 0.15) is 21.5 Å². The van der Waals surface area contributed by atoms with Crippen LogP contribution in [-0.2, 0) is 6.54 Å². The number of aromatic nitrogens is 1. The highest BCUT2D eigenvalue weighted by molar-refractivity contribution is 5.97. The lowest BCUT2D eigenvalue weighted by molar-refractivity contribution is 0.0736. The van der Waals surface area contributed by atoms with Gasteiger partial charge in [0.15, 0.2) is 5.58 Å². The van der Waals surface area contributed by atoms with E-state index in [1.54, 1.807) is 47.4 Å². The molecule has 0 radical (unpaired) electrons. The number of oxazole rings is 1. The number of carbonyl (C=O) groups excluding carboxylic acids is 1. The first-order valence-corrected chi connectivity index (χ1v) is 8.78. The van der Waals surface area contributed by atoms with E-state index in [4.69, 9.17) is 9.68 Å². The van der Waals surface area contributed by atoms with Gasteiger partial charge in [-0.1, -0.05) is 12.1 Å². The van der Waals surface area contributed by atoms with Crippen LogP contribution in [0.4, 0.5) is 0 Å². The number of benzene rings is 2. The Balaban J connectivity index is 1.68. The number of hydrogen-bond acceptors (Lipinski definition) is 5. The maximum atomic E-state index is 12.7. The predicted octanol–water partition coefficient (Wildman–Crippen LogP) is 1.56. The third-order valence-corrected chi connectivity index (χ3v) is 4.74. The second-order valence-electron chi connectivity index (χ2n) is 6.49. The predicted molar refractivity (Wildman–Crippen MR) is 99.5 cm³/mol. The van der Waals surface area contributed by atoms with Crippen molar-refractivity contribution in [1.82, 2.24) is 14.8 Å². The Bertz CT molecular complexity index is 1080. The molecule has 1 aromatic heterocycles. The van der Waals surface area contributed by atoms with E-state index in [9.17, 15) is 9.59 Å². The van der Waals surface area contributed by atoms with Crippen LogP contribution in [0.3, 0.4) is 0 Å². The zero-order valence-electron chi connectivity index (χ0n) is 14.6. The van der Waals surface area contributed by atoms with Crippen molar-refractivity contribution in [3.63, 3.8) is 0 Å². The number of nitrogens with one attached hydrogen (secondary N) is 1. The highest BCUT2D eigenvalue weighted by Gasteiger charge is 2.19. The van der Waals surface area contributed by atoms with Gasteiger partial charge in [0.05, 0.1) is 23.7 Å². The Kier molecular flexibility index (Phi) is 4.48. The van der Waals surface area contributed by atoms with Crippen LogP contribution >= 0.6 is 0 Å². The van der Waals surface area contributed by atoms with Crippen molar-refractivity contribution >= 4 is 17.0 Å². The molecule has 1 aliphatic heterocycles. The molecular weight excluding hydrogens is 344 g/mol. The minimum atomic E-state index is -0.471. The van der Waals surface area contributed by atoms with Gasteiger partial charge in [-0.15, -0.1) is 0 Å². The third-order valence-electron chi connectivity index (χ3n) is 4.74. The van der Waals surface area contributed by atoms with Crippen molar-refractivity contribution in [3.8, 4) is 6.07 Å². The summed E-state index contributed by atoms with van der Waals surface area (Å²) in [6.07, 6.45) is 0. The van der Waals surface area contributed by atoms with Gasteiger partial charge in [0.2, 0.25) is 0 Å². The highest BCUT2D eigenvalue weighted by Crippen LogP contribution is 2.18. The fourth-order valence-corrected chi connectivity index (χ4v) is 3.26. The van der Waals surface area contributed by atoms with Crippen LogP contribution in [0, 0.1) is 11.3 Å². The Labute approximate surface area is 155 Å². The van der Waals surface area contributed by atoms with Crippen LogP contribution < -0.4 is 11.1 Å². The van der Waals surface area contributed by atoms with Crippen LogP contribution in [0.25, 0.3) is 11.1 Å². The molecule has 1 N–H and O–H groups in total. The quantitative estimate of drug-likeness (QED) is 0.763. The van der Waals surface area contributed by atoms with E-state index < -0.39 is 5.76 Å². The number of rotatable bonds is 3. The summed E-state index contributed by atoms with van der Waals surface area (Å²) in [4.78, 5) is 26.8. The third kappa shape index (κ3) is 3.35. The second kappa shape index (κ2) is 7.09. The Morgan fingerprint density at radius 3 is 2.59 bits per heavy atom. The minimum absolute atomic E-state index is 0.0445. The van der Waals surface area contributed by atoms with Crippen molar-refractivity contribution in [1.29, 1.82) is 5.26 Å². The molecule has 2 heterocycles. The van der Waals surface area contributed by atoms with Crippen LogP contribution in [0.15, 0.2) is 51.7 Å². The van der Waals surface area contributed by atoms with Gasteiger partial charge < -0.3 is 14.6 Å². The van der Waals surface area contributed by atoms with Crippen LogP contribution in [-0.4, -0.2) is 41.6 Å². The van der Waals surface area contributed by atoms with E-state index in [1.165, 1.54) is 4.57 Å². The molecule has 1 fully saturated rings.